The van der Waals surface area contributed by atoms with Gasteiger partial charge in [0.2, 0.25) is 15.9 Å². The summed E-state index contributed by atoms with van der Waals surface area (Å²) in [7, 11) is -2.20. The van der Waals surface area contributed by atoms with Gasteiger partial charge < -0.3 is 14.6 Å². The van der Waals surface area contributed by atoms with Crippen LogP contribution in [0.25, 0.3) is 12.2 Å². The fraction of sp³-hybridized carbons (Fsp3) is 0.333. The SMILES string of the molecule is COc1cccc(CNC(=O)C2CCN(S(=O)(=O)c3c(C)noc3C=Cc3cccs3)CC2)c1. The number of nitrogens with zero attached hydrogens (tertiary/aromatic N) is 2. The number of carbonyl (C=O) groups excluding carboxylic acids is 1. The van der Waals surface area contributed by atoms with Gasteiger partial charge >= 0.3 is 0 Å². The molecule has 1 aromatic carbocycles. The first-order chi connectivity index (χ1) is 16.4. The van der Waals surface area contributed by atoms with Crippen LogP contribution >= 0.6 is 11.3 Å². The van der Waals surface area contributed by atoms with Crippen LogP contribution in [0.1, 0.15) is 34.7 Å². The second-order valence-corrected chi connectivity index (χ2v) is 10.9. The van der Waals surface area contributed by atoms with Gasteiger partial charge in [0.25, 0.3) is 0 Å². The van der Waals surface area contributed by atoms with Crippen molar-refractivity contribution in [1.29, 1.82) is 0 Å². The maximum absolute atomic E-state index is 13.4. The molecule has 0 unspecified atom stereocenters. The van der Waals surface area contributed by atoms with E-state index in [-0.39, 0.29) is 35.6 Å². The van der Waals surface area contributed by atoms with E-state index in [9.17, 15) is 13.2 Å². The zero-order valence-corrected chi connectivity index (χ0v) is 20.7. The number of amides is 1. The van der Waals surface area contributed by atoms with Crippen LogP contribution in [-0.2, 0) is 21.4 Å². The first kappa shape index (κ1) is 24.2. The standard InChI is InChI=1S/C24H27N3O5S2/c1-17-23(22(32-26-17)9-8-21-7-4-14-33-21)34(29,30)27-12-10-19(11-13-27)24(28)25-16-18-5-3-6-20(15-18)31-2/h3-9,14-15,19H,10-13,16H2,1-2H3,(H,25,28). The lowest BCUT2D eigenvalue weighted by Crippen LogP contribution is -2.43. The van der Waals surface area contributed by atoms with Gasteiger partial charge in [0, 0.05) is 30.4 Å². The zero-order chi connectivity index (χ0) is 24.1. The summed E-state index contributed by atoms with van der Waals surface area (Å²) in [6, 6.07) is 11.4. The van der Waals surface area contributed by atoms with Crippen molar-refractivity contribution in [2.75, 3.05) is 20.2 Å². The maximum atomic E-state index is 13.4. The Balaban J connectivity index is 1.38. The van der Waals surface area contributed by atoms with Crippen molar-refractivity contribution < 1.29 is 22.5 Å². The molecule has 0 bridgehead atoms. The number of piperidine rings is 1. The van der Waals surface area contributed by atoms with E-state index in [0.717, 1.165) is 16.2 Å². The minimum absolute atomic E-state index is 0.0689. The molecule has 3 heterocycles. The lowest BCUT2D eigenvalue weighted by molar-refractivity contribution is -0.126. The van der Waals surface area contributed by atoms with Crippen LogP contribution in [0.4, 0.5) is 0 Å². The Morgan fingerprint density at radius 1 is 1.26 bits per heavy atom. The minimum atomic E-state index is -3.80. The number of nitrogens with one attached hydrogen (secondary N) is 1. The number of ether oxygens (including phenoxy) is 1. The second-order valence-electron chi connectivity index (χ2n) is 8.06. The third-order valence-corrected chi connectivity index (χ3v) is 8.69. The number of hydrogen-bond acceptors (Lipinski definition) is 7. The van der Waals surface area contributed by atoms with Crippen LogP contribution in [-0.4, -0.2) is 44.0 Å². The molecule has 34 heavy (non-hydrogen) atoms. The van der Waals surface area contributed by atoms with E-state index in [1.54, 1.807) is 31.4 Å². The average molecular weight is 502 g/mol. The highest BCUT2D eigenvalue weighted by Gasteiger charge is 2.35. The largest absolute Gasteiger partial charge is 0.497 e. The molecule has 0 radical (unpaired) electrons. The Labute approximate surface area is 203 Å². The number of hydrogen-bond donors (Lipinski definition) is 1. The van der Waals surface area contributed by atoms with Gasteiger partial charge in [0.15, 0.2) is 10.7 Å². The molecule has 0 spiro atoms. The van der Waals surface area contributed by atoms with E-state index >= 15 is 0 Å². The molecule has 10 heteroatoms. The van der Waals surface area contributed by atoms with E-state index in [1.165, 1.54) is 4.31 Å². The fourth-order valence-electron chi connectivity index (χ4n) is 3.95. The van der Waals surface area contributed by atoms with Crippen LogP contribution in [0.3, 0.4) is 0 Å². The van der Waals surface area contributed by atoms with Gasteiger partial charge in [-0.15, -0.1) is 11.3 Å². The summed E-state index contributed by atoms with van der Waals surface area (Å²) in [4.78, 5) is 13.7. The van der Waals surface area contributed by atoms with Crippen LogP contribution < -0.4 is 10.1 Å². The number of benzene rings is 1. The van der Waals surface area contributed by atoms with Gasteiger partial charge in [0.05, 0.1) is 7.11 Å². The highest BCUT2D eigenvalue weighted by Crippen LogP contribution is 2.29. The summed E-state index contributed by atoms with van der Waals surface area (Å²) in [6.07, 6.45) is 4.35. The quantitative estimate of drug-likeness (QED) is 0.502. The van der Waals surface area contributed by atoms with E-state index in [2.05, 4.69) is 10.5 Å². The lowest BCUT2D eigenvalue weighted by Gasteiger charge is -2.30. The Hall–Kier alpha value is -2.95. The van der Waals surface area contributed by atoms with Crippen molar-refractivity contribution >= 4 is 39.4 Å². The fourth-order valence-corrected chi connectivity index (χ4v) is 6.28. The summed E-state index contributed by atoms with van der Waals surface area (Å²) in [6.45, 7) is 2.54. The van der Waals surface area contributed by atoms with Crippen LogP contribution in [0, 0.1) is 12.8 Å². The number of methoxy groups -OCH3 is 1. The number of thiophene rings is 1. The maximum Gasteiger partial charge on any atom is 0.248 e. The number of aryl methyl sites for hydroxylation is 1. The Bertz CT molecular complexity index is 1260. The number of aromatic nitrogens is 1. The highest BCUT2D eigenvalue weighted by atomic mass is 32.2. The monoisotopic (exact) mass is 501 g/mol. The summed E-state index contributed by atoms with van der Waals surface area (Å²) >= 11 is 1.54. The zero-order valence-electron chi connectivity index (χ0n) is 19.1. The number of carbonyl (C=O) groups is 1. The van der Waals surface area contributed by atoms with E-state index in [1.807, 2.05) is 47.9 Å². The molecular weight excluding hydrogens is 474 g/mol. The van der Waals surface area contributed by atoms with Crippen molar-refractivity contribution in [2.45, 2.75) is 31.2 Å². The van der Waals surface area contributed by atoms with Crippen LogP contribution in [0.15, 0.2) is 51.2 Å². The van der Waals surface area contributed by atoms with Crippen molar-refractivity contribution in [2.24, 2.45) is 5.92 Å². The summed E-state index contributed by atoms with van der Waals surface area (Å²) < 4.78 is 38.7. The first-order valence-corrected chi connectivity index (χ1v) is 13.3. The molecule has 1 aliphatic heterocycles. The van der Waals surface area contributed by atoms with Gasteiger partial charge in [-0.05, 0) is 61.1 Å². The van der Waals surface area contributed by atoms with Crippen molar-refractivity contribution in [3.05, 3.63) is 63.7 Å². The summed E-state index contributed by atoms with van der Waals surface area (Å²) in [5.74, 6) is 0.641. The molecule has 0 saturated carbocycles. The third-order valence-electron chi connectivity index (χ3n) is 5.80. The topological polar surface area (TPSA) is 102 Å². The smallest absolute Gasteiger partial charge is 0.248 e. The van der Waals surface area contributed by atoms with Crippen molar-refractivity contribution in [3.63, 3.8) is 0 Å². The normalized spacial score (nSPS) is 15.6. The molecule has 2 aromatic heterocycles. The molecule has 8 nitrogen and oxygen atoms in total. The van der Waals surface area contributed by atoms with E-state index in [0.29, 0.717) is 25.1 Å². The van der Waals surface area contributed by atoms with Gasteiger partial charge in [-0.25, -0.2) is 8.42 Å². The van der Waals surface area contributed by atoms with Crippen LogP contribution in [0.5, 0.6) is 5.75 Å². The number of sulfonamides is 1. The predicted molar refractivity (Wildman–Crippen MR) is 131 cm³/mol. The second kappa shape index (κ2) is 10.5. The van der Waals surface area contributed by atoms with E-state index in [4.69, 9.17) is 9.26 Å². The molecule has 3 aromatic rings. The van der Waals surface area contributed by atoms with Gasteiger partial charge in [0.1, 0.15) is 11.4 Å². The molecule has 0 aliphatic carbocycles. The summed E-state index contributed by atoms with van der Waals surface area (Å²) in [5.41, 5.74) is 1.27. The molecule has 4 rings (SSSR count). The molecule has 180 valence electrons. The highest BCUT2D eigenvalue weighted by molar-refractivity contribution is 7.89. The average Bonchev–Trinajstić information content (AvgIpc) is 3.51. The van der Waals surface area contributed by atoms with Gasteiger partial charge in [-0.1, -0.05) is 23.4 Å². The molecular formula is C24H27N3O5S2. The molecule has 1 fully saturated rings. The van der Waals surface area contributed by atoms with Crippen molar-refractivity contribution in [3.8, 4) is 5.75 Å². The first-order valence-electron chi connectivity index (χ1n) is 11.0. The Morgan fingerprint density at radius 2 is 2.06 bits per heavy atom. The van der Waals surface area contributed by atoms with E-state index < -0.39 is 10.0 Å². The third kappa shape index (κ3) is 5.40. The molecule has 1 saturated heterocycles. The van der Waals surface area contributed by atoms with Crippen molar-refractivity contribution in [1.82, 2.24) is 14.8 Å². The van der Waals surface area contributed by atoms with Crippen LogP contribution in [0.2, 0.25) is 0 Å². The minimum Gasteiger partial charge on any atom is -0.497 e. The Kier molecular flexibility index (Phi) is 7.50. The molecule has 1 N–H and O–H groups in total. The molecule has 1 aliphatic rings. The Morgan fingerprint density at radius 3 is 2.76 bits per heavy atom. The predicted octanol–water partition coefficient (Wildman–Crippen LogP) is 3.94. The lowest BCUT2D eigenvalue weighted by atomic mass is 9.97. The van der Waals surface area contributed by atoms with Gasteiger partial charge in [-0.3, -0.25) is 4.79 Å². The van der Waals surface area contributed by atoms with Gasteiger partial charge in [-0.2, -0.15) is 4.31 Å². The number of rotatable bonds is 8. The molecule has 1 amide bonds. The molecule has 0 atom stereocenters. The summed E-state index contributed by atoms with van der Waals surface area (Å²) in [5, 5.41) is 8.78.